The number of ether oxygens (including phenoxy) is 2. The van der Waals surface area contributed by atoms with Gasteiger partial charge in [0.2, 0.25) is 0 Å². The maximum absolute atomic E-state index is 11.1. The Balaban J connectivity index is 2.75. The second-order valence-corrected chi connectivity index (χ2v) is 4.16. The molecule has 0 saturated heterocycles. The zero-order chi connectivity index (χ0) is 14.4. The molecule has 1 rings (SSSR count). The summed E-state index contributed by atoms with van der Waals surface area (Å²) in [7, 11) is 1.40. The minimum atomic E-state index is -1.11. The summed E-state index contributed by atoms with van der Waals surface area (Å²) in [5, 5.41) is 21.7. The molecule has 19 heavy (non-hydrogen) atoms. The number of aliphatic hydroxyl groups is 2. The predicted molar refractivity (Wildman–Crippen MR) is 64.2 cm³/mol. The lowest BCUT2D eigenvalue weighted by molar-refractivity contribution is -0.0299. The van der Waals surface area contributed by atoms with Gasteiger partial charge >= 0.3 is 12.2 Å². The molecule has 108 valence electrons. The first-order valence-corrected chi connectivity index (χ1v) is 5.81. The van der Waals surface area contributed by atoms with Gasteiger partial charge in [0.25, 0.3) is 0 Å². The molecule has 0 aromatic carbocycles. The normalized spacial score (nSPS) is 32.6. The fourth-order valence-electron chi connectivity index (χ4n) is 1.72. The summed E-state index contributed by atoms with van der Waals surface area (Å²) in [5.41, 5.74) is 4.90. The molecule has 0 saturated carbocycles. The van der Waals surface area contributed by atoms with Crippen molar-refractivity contribution in [2.45, 2.75) is 37.3 Å². The Bertz CT molecular complexity index is 359. The molecule has 0 fully saturated rings. The number of hydrogen-bond donors (Lipinski definition) is 4. The van der Waals surface area contributed by atoms with Gasteiger partial charge in [-0.3, -0.25) is 0 Å². The zero-order valence-corrected chi connectivity index (χ0v) is 10.5. The topological polar surface area (TPSA) is 131 Å². The van der Waals surface area contributed by atoms with E-state index in [1.165, 1.54) is 19.2 Å². The zero-order valence-electron chi connectivity index (χ0n) is 10.5. The molecule has 5 N–H and O–H groups in total. The smallest absolute Gasteiger partial charge is 0.407 e. The van der Waals surface area contributed by atoms with Crippen LogP contribution in [0.2, 0.25) is 0 Å². The van der Waals surface area contributed by atoms with E-state index < -0.39 is 36.6 Å². The van der Waals surface area contributed by atoms with Crippen LogP contribution in [0.4, 0.5) is 9.59 Å². The number of nitrogens with one attached hydrogen (secondary N) is 1. The Hall–Kier alpha value is -1.80. The number of alkyl carbamates (subject to hydrolysis) is 1. The van der Waals surface area contributed by atoms with Crippen LogP contribution >= 0.6 is 0 Å². The minimum Gasteiger partial charge on any atom is -0.442 e. The molecule has 0 aliphatic heterocycles. The molecule has 0 radical (unpaired) electrons. The quantitative estimate of drug-likeness (QED) is 0.490. The van der Waals surface area contributed by atoms with Gasteiger partial charge in [-0.15, -0.1) is 0 Å². The predicted octanol–water partition coefficient (Wildman–Crippen LogP) is -0.753. The van der Waals surface area contributed by atoms with E-state index in [1.807, 2.05) is 0 Å². The van der Waals surface area contributed by atoms with E-state index in [0.717, 1.165) is 0 Å². The summed E-state index contributed by atoms with van der Waals surface area (Å²) < 4.78 is 9.72. The number of carbonyl (C=O) groups excluding carboxylic acids is 2. The van der Waals surface area contributed by atoms with E-state index in [9.17, 15) is 19.8 Å². The van der Waals surface area contributed by atoms with E-state index in [4.69, 9.17) is 15.2 Å². The highest BCUT2D eigenvalue weighted by Crippen LogP contribution is 2.18. The van der Waals surface area contributed by atoms with Crippen molar-refractivity contribution in [2.24, 2.45) is 5.73 Å². The largest absolute Gasteiger partial charge is 0.442 e. The molecule has 1 aliphatic carbocycles. The van der Waals surface area contributed by atoms with E-state index in [-0.39, 0.29) is 12.8 Å². The number of aliphatic hydroxyl groups excluding tert-OH is 2. The van der Waals surface area contributed by atoms with Gasteiger partial charge in [0.15, 0.2) is 0 Å². The Morgan fingerprint density at radius 1 is 1.16 bits per heavy atom. The summed E-state index contributed by atoms with van der Waals surface area (Å²) in [6.07, 6.45) is -2.34. The third-order valence-corrected chi connectivity index (χ3v) is 2.66. The fourth-order valence-corrected chi connectivity index (χ4v) is 1.72. The summed E-state index contributed by atoms with van der Waals surface area (Å²) in [5.74, 6) is 0. The molecule has 8 heteroatoms. The maximum Gasteiger partial charge on any atom is 0.407 e. The number of carbonyl (C=O) groups is 2. The minimum absolute atomic E-state index is 0.0211. The monoisotopic (exact) mass is 274 g/mol. The van der Waals surface area contributed by atoms with Gasteiger partial charge in [0.05, 0.1) is 12.2 Å². The molecule has 1 aliphatic rings. The molecule has 0 aromatic heterocycles. The number of nitrogens with two attached hydrogens (primary N) is 1. The lowest BCUT2D eigenvalue weighted by Gasteiger charge is -2.26. The van der Waals surface area contributed by atoms with Crippen molar-refractivity contribution in [2.75, 3.05) is 7.05 Å². The average molecular weight is 274 g/mol. The Kier molecular flexibility index (Phi) is 5.58. The SMILES string of the molecule is CNC(=O)OC1/C=C/C(OC(N)=O)CC(O)C(O)C1. The number of rotatable bonds is 2. The van der Waals surface area contributed by atoms with Crippen LogP contribution < -0.4 is 11.1 Å². The summed E-state index contributed by atoms with van der Waals surface area (Å²) in [4.78, 5) is 21.8. The van der Waals surface area contributed by atoms with E-state index >= 15 is 0 Å². The number of hydrogen-bond acceptors (Lipinski definition) is 6. The third kappa shape index (κ3) is 5.14. The summed E-state index contributed by atoms with van der Waals surface area (Å²) in [6, 6.07) is 0. The van der Waals surface area contributed by atoms with Crippen LogP contribution in [0.25, 0.3) is 0 Å². The van der Waals surface area contributed by atoms with Crippen LogP contribution in [0, 0.1) is 0 Å². The molecule has 0 heterocycles. The third-order valence-electron chi connectivity index (χ3n) is 2.66. The van der Waals surface area contributed by atoms with Gasteiger partial charge in [-0.05, 0) is 12.2 Å². The van der Waals surface area contributed by atoms with Crippen LogP contribution in [-0.4, -0.2) is 53.9 Å². The van der Waals surface area contributed by atoms with Gasteiger partial charge in [0.1, 0.15) is 12.2 Å². The summed E-state index contributed by atoms with van der Waals surface area (Å²) in [6.45, 7) is 0. The van der Waals surface area contributed by atoms with Crippen LogP contribution in [-0.2, 0) is 9.47 Å². The first-order chi connectivity index (χ1) is 8.92. The molecular weight excluding hydrogens is 256 g/mol. The van der Waals surface area contributed by atoms with Crippen molar-refractivity contribution in [3.05, 3.63) is 12.2 Å². The van der Waals surface area contributed by atoms with Crippen molar-refractivity contribution in [3.8, 4) is 0 Å². The first kappa shape index (κ1) is 15.3. The van der Waals surface area contributed by atoms with Gasteiger partial charge < -0.3 is 30.7 Å². The first-order valence-electron chi connectivity index (χ1n) is 5.81. The lowest BCUT2D eigenvalue weighted by atomic mass is 9.97. The van der Waals surface area contributed by atoms with Crippen molar-refractivity contribution >= 4 is 12.2 Å². The number of amides is 2. The van der Waals surface area contributed by atoms with Gasteiger partial charge in [-0.1, -0.05) is 0 Å². The molecule has 4 unspecified atom stereocenters. The van der Waals surface area contributed by atoms with Crippen LogP contribution in [0.3, 0.4) is 0 Å². The van der Waals surface area contributed by atoms with Crippen molar-refractivity contribution in [1.29, 1.82) is 0 Å². The van der Waals surface area contributed by atoms with Gasteiger partial charge in [-0.25, -0.2) is 9.59 Å². The maximum atomic E-state index is 11.1. The van der Waals surface area contributed by atoms with Crippen molar-refractivity contribution in [3.63, 3.8) is 0 Å². The molecule has 0 bridgehead atoms. The Labute approximate surface area is 110 Å². The second-order valence-electron chi connectivity index (χ2n) is 4.16. The lowest BCUT2D eigenvalue weighted by Crippen LogP contribution is -2.38. The molecule has 2 amide bonds. The summed E-state index contributed by atoms with van der Waals surface area (Å²) >= 11 is 0. The fraction of sp³-hybridized carbons (Fsp3) is 0.636. The van der Waals surface area contributed by atoms with Crippen molar-refractivity contribution < 1.29 is 29.3 Å². The molecule has 0 spiro atoms. The number of primary amides is 1. The van der Waals surface area contributed by atoms with Crippen molar-refractivity contribution in [1.82, 2.24) is 5.32 Å². The van der Waals surface area contributed by atoms with Gasteiger partial charge in [-0.2, -0.15) is 0 Å². The molecule has 0 aromatic rings. The standard InChI is InChI=1S/C11H18N2O6/c1-13-11(17)19-7-3-2-6(18-10(12)16)4-8(14)9(15)5-7/h2-3,6-9,14-15H,4-5H2,1H3,(H2,12,16)(H,13,17)/b3-2+. The van der Waals surface area contributed by atoms with Crippen LogP contribution in [0.15, 0.2) is 12.2 Å². The highest BCUT2D eigenvalue weighted by Gasteiger charge is 2.28. The second kappa shape index (κ2) is 6.95. The van der Waals surface area contributed by atoms with Crippen LogP contribution in [0.1, 0.15) is 12.8 Å². The molecule has 4 atom stereocenters. The molecular formula is C11H18N2O6. The van der Waals surface area contributed by atoms with E-state index in [0.29, 0.717) is 0 Å². The average Bonchev–Trinajstić information content (AvgIpc) is 2.33. The van der Waals surface area contributed by atoms with Gasteiger partial charge in [0, 0.05) is 19.9 Å². The Morgan fingerprint density at radius 3 is 2.05 bits per heavy atom. The van der Waals surface area contributed by atoms with E-state index in [1.54, 1.807) is 0 Å². The Morgan fingerprint density at radius 2 is 1.63 bits per heavy atom. The van der Waals surface area contributed by atoms with Crippen LogP contribution in [0.5, 0.6) is 0 Å². The molecule has 8 nitrogen and oxygen atoms in total. The highest BCUT2D eigenvalue weighted by molar-refractivity contribution is 5.67. The highest BCUT2D eigenvalue weighted by atomic mass is 16.6. The van der Waals surface area contributed by atoms with E-state index in [2.05, 4.69) is 5.32 Å².